The summed E-state index contributed by atoms with van der Waals surface area (Å²) in [5, 5.41) is 6.20. The maximum absolute atomic E-state index is 6.20. The van der Waals surface area contributed by atoms with E-state index in [0.29, 0.717) is 0 Å². The molecule has 0 radical (unpaired) electrons. The number of nitrogens with one attached hydrogen (secondary N) is 1. The summed E-state index contributed by atoms with van der Waals surface area (Å²) < 4.78 is 0. The third-order valence-electron chi connectivity index (χ3n) is 0.161. The van der Waals surface area contributed by atoms with Gasteiger partial charge in [-0.05, 0) is 0 Å². The molecule has 0 fully saturated rings. The molecule has 0 aliphatic rings. The number of nitrogens with two attached hydrogens (primary N) is 1. The van der Waals surface area contributed by atoms with Crippen LogP contribution in [0.4, 0.5) is 0 Å². The molecule has 0 aromatic heterocycles. The van der Waals surface area contributed by atoms with Gasteiger partial charge >= 0.3 is 0 Å². The molecule has 0 unspecified atom stereocenters. The first-order chi connectivity index (χ1) is 3.83. The monoisotopic (exact) mass is 115 g/mol. The van der Waals surface area contributed by atoms with Gasteiger partial charge in [0.2, 0.25) is 0 Å². The van der Waals surface area contributed by atoms with Crippen molar-refractivity contribution in [3.63, 3.8) is 0 Å². The molecule has 0 aromatic rings. The lowest BCUT2D eigenvalue weighted by atomic mass is 10.6. The number of hydrogen-bond donors (Lipinski definition) is 2. The lowest BCUT2D eigenvalue weighted by molar-refractivity contribution is 1.09. The van der Waals surface area contributed by atoms with Gasteiger partial charge in [0, 0.05) is 0 Å². The van der Waals surface area contributed by atoms with Crippen LogP contribution in [0.1, 0.15) is 20.3 Å². The summed E-state index contributed by atoms with van der Waals surface area (Å²) in [5.74, 6) is 0. The molecule has 3 N–H and O–H groups in total. The Morgan fingerprint density at radius 3 is 2.00 bits per heavy atom. The predicted octanol–water partition coefficient (Wildman–Crippen LogP) is 0.997. The molecular weight excluding hydrogens is 102 g/mol. The van der Waals surface area contributed by atoms with Crippen LogP contribution < -0.4 is 5.73 Å². The van der Waals surface area contributed by atoms with Crippen LogP contribution in [0.5, 0.6) is 0 Å². The largest absolute Gasteiger partial charge is 0.390 e. The lowest BCUT2D eigenvalue weighted by Crippen LogP contribution is -1.86. The predicted molar refractivity (Wildman–Crippen MR) is 37.4 cm³/mol. The fraction of sp³-hybridized carbons (Fsp3) is 0.600. The van der Waals surface area contributed by atoms with Gasteiger partial charge in [-0.2, -0.15) is 0 Å². The van der Waals surface area contributed by atoms with Gasteiger partial charge in [0.1, 0.15) is 6.34 Å². The van der Waals surface area contributed by atoms with Gasteiger partial charge in [-0.3, -0.25) is 5.41 Å². The molecular formula is C5H13N3. The van der Waals surface area contributed by atoms with Crippen LogP contribution >= 0.6 is 0 Å². The Bertz CT molecular complexity index is 58.7. The van der Waals surface area contributed by atoms with E-state index in [4.69, 9.17) is 11.1 Å². The number of hydrogen-bond acceptors (Lipinski definition) is 1. The summed E-state index contributed by atoms with van der Waals surface area (Å²) in [5.41, 5.74) is 4.70. The second-order valence-electron chi connectivity index (χ2n) is 1.13. The third kappa shape index (κ3) is 67.8. The first kappa shape index (κ1) is 10.2. The Hall–Kier alpha value is -0.860. The molecule has 0 amide bonds. The van der Waals surface area contributed by atoms with Gasteiger partial charge in [0.05, 0.1) is 6.34 Å². The minimum Gasteiger partial charge on any atom is -0.390 e. The second-order valence-corrected chi connectivity index (χ2v) is 1.13. The fourth-order valence-corrected chi connectivity index (χ4v) is 0.0430. The number of aliphatic imine (C=N–C) groups is 1. The summed E-state index contributed by atoms with van der Waals surface area (Å²) >= 11 is 0. The lowest BCUT2D eigenvalue weighted by Gasteiger charge is -1.59. The Morgan fingerprint density at radius 2 is 2.00 bits per heavy atom. The molecule has 48 valence electrons. The van der Waals surface area contributed by atoms with Crippen molar-refractivity contribution in [3.8, 4) is 0 Å². The molecule has 0 spiro atoms. The first-order valence-electron chi connectivity index (χ1n) is 2.55. The minimum atomic E-state index is 0.875. The Morgan fingerprint density at radius 1 is 1.62 bits per heavy atom. The molecule has 8 heavy (non-hydrogen) atoms. The molecule has 0 saturated carbocycles. The van der Waals surface area contributed by atoms with E-state index < -0.39 is 0 Å². The zero-order chi connectivity index (χ0) is 6.83. The van der Waals surface area contributed by atoms with E-state index in [1.54, 1.807) is 0 Å². The average molecular weight is 115 g/mol. The molecule has 3 heteroatoms. The van der Waals surface area contributed by atoms with Gasteiger partial charge in [0.25, 0.3) is 0 Å². The van der Waals surface area contributed by atoms with Crippen molar-refractivity contribution in [2.75, 3.05) is 0 Å². The van der Waals surface area contributed by atoms with Crippen LogP contribution in [0, 0.1) is 5.41 Å². The van der Waals surface area contributed by atoms with E-state index in [-0.39, 0.29) is 0 Å². The summed E-state index contributed by atoms with van der Waals surface area (Å²) in [7, 11) is 0. The quantitative estimate of drug-likeness (QED) is 0.388. The molecule has 0 rings (SSSR count). The Kier molecular flexibility index (Phi) is 21.0. The maximum atomic E-state index is 6.20. The van der Waals surface area contributed by atoms with E-state index in [9.17, 15) is 0 Å². The van der Waals surface area contributed by atoms with Crippen LogP contribution in [0.2, 0.25) is 0 Å². The van der Waals surface area contributed by atoms with Crippen LogP contribution in [0.3, 0.4) is 0 Å². The highest BCUT2D eigenvalue weighted by Gasteiger charge is 1.41. The topological polar surface area (TPSA) is 62.2 Å². The van der Waals surface area contributed by atoms with Gasteiger partial charge in [0.15, 0.2) is 0 Å². The van der Waals surface area contributed by atoms with E-state index in [1.165, 1.54) is 6.42 Å². The van der Waals surface area contributed by atoms with E-state index in [2.05, 4.69) is 18.8 Å². The van der Waals surface area contributed by atoms with Gasteiger partial charge < -0.3 is 5.73 Å². The molecule has 0 aliphatic heterocycles. The highest BCUT2D eigenvalue weighted by atomic mass is 14.8. The van der Waals surface area contributed by atoms with Crippen LogP contribution in [-0.4, -0.2) is 12.7 Å². The maximum Gasteiger partial charge on any atom is 0.108 e. The Labute approximate surface area is 50.1 Å². The van der Waals surface area contributed by atoms with E-state index in [1.807, 2.05) is 0 Å². The van der Waals surface area contributed by atoms with E-state index in [0.717, 1.165) is 12.7 Å². The van der Waals surface area contributed by atoms with Crippen molar-refractivity contribution in [1.29, 1.82) is 5.41 Å². The summed E-state index contributed by atoms with van der Waals surface area (Å²) in [6, 6.07) is 0. The molecule has 0 aromatic carbocycles. The Balaban J connectivity index is 0. The summed E-state index contributed by atoms with van der Waals surface area (Å²) in [4.78, 5) is 3.17. The minimum absolute atomic E-state index is 0.875. The molecule has 0 bridgehead atoms. The van der Waals surface area contributed by atoms with Crippen LogP contribution in [-0.2, 0) is 0 Å². The zero-order valence-corrected chi connectivity index (χ0v) is 5.39. The standard InChI is InChI=1S/C3H8.C2H5N3/c1-3-2;3-1-5-2-4/h3H2,1-2H3;1-2H,(H3,3,4,5). The normalized spacial score (nSPS) is 7.75. The molecule has 0 aliphatic carbocycles. The van der Waals surface area contributed by atoms with Crippen molar-refractivity contribution < 1.29 is 0 Å². The highest BCUT2D eigenvalue weighted by Crippen LogP contribution is 1.56. The molecule has 0 atom stereocenters. The van der Waals surface area contributed by atoms with Gasteiger partial charge in [-0.1, -0.05) is 20.3 Å². The summed E-state index contributed by atoms with van der Waals surface area (Å²) in [6.07, 6.45) is 3.19. The van der Waals surface area contributed by atoms with Crippen molar-refractivity contribution in [2.45, 2.75) is 20.3 Å². The number of rotatable bonds is 1. The van der Waals surface area contributed by atoms with Gasteiger partial charge in [-0.25, -0.2) is 4.99 Å². The number of nitrogens with zero attached hydrogens (tertiary/aromatic N) is 1. The van der Waals surface area contributed by atoms with Gasteiger partial charge in [-0.15, -0.1) is 0 Å². The smallest absolute Gasteiger partial charge is 0.108 e. The first-order valence-corrected chi connectivity index (χ1v) is 2.55. The van der Waals surface area contributed by atoms with E-state index >= 15 is 0 Å². The third-order valence-corrected chi connectivity index (χ3v) is 0.161. The SMILES string of the molecule is CCC.N=CN=CN. The average Bonchev–Trinajstić information content (AvgIpc) is 1.71. The molecule has 0 heterocycles. The van der Waals surface area contributed by atoms with Crippen molar-refractivity contribution in [1.82, 2.24) is 0 Å². The van der Waals surface area contributed by atoms with Crippen LogP contribution in [0.15, 0.2) is 4.99 Å². The highest BCUT2D eigenvalue weighted by molar-refractivity contribution is 5.67. The second kappa shape index (κ2) is 16.5. The summed E-state index contributed by atoms with van der Waals surface area (Å²) in [6.45, 7) is 4.25. The zero-order valence-electron chi connectivity index (χ0n) is 5.39. The van der Waals surface area contributed by atoms with Crippen LogP contribution in [0.25, 0.3) is 0 Å². The van der Waals surface area contributed by atoms with Crippen molar-refractivity contribution >= 4 is 12.7 Å². The van der Waals surface area contributed by atoms with Crippen molar-refractivity contribution in [3.05, 3.63) is 0 Å². The molecule has 0 saturated heterocycles. The fourth-order valence-electron chi connectivity index (χ4n) is 0.0430. The molecule has 3 nitrogen and oxygen atoms in total. The van der Waals surface area contributed by atoms with Crippen molar-refractivity contribution in [2.24, 2.45) is 10.7 Å².